The lowest BCUT2D eigenvalue weighted by Crippen LogP contribution is -2.13. The molecule has 2 N–H and O–H groups in total. The highest BCUT2D eigenvalue weighted by molar-refractivity contribution is 5.96. The minimum Gasteiger partial charge on any atom is -0.364 e. The molecule has 0 atom stereocenters. The van der Waals surface area contributed by atoms with Gasteiger partial charge in [0.05, 0.1) is 0 Å². The standard InChI is InChI=1S/C10H12N4O/c1-5-6(2)13-10-8(9(11)15)12-4-14(10)7(5)3/h4H,1-3H3,(H2,11,15). The second-order valence-corrected chi connectivity index (χ2v) is 3.56. The molecule has 2 aromatic heterocycles. The molecule has 0 fully saturated rings. The number of carbonyl (C=O) groups is 1. The summed E-state index contributed by atoms with van der Waals surface area (Å²) in [6.45, 7) is 5.85. The van der Waals surface area contributed by atoms with Crippen molar-refractivity contribution in [3.05, 3.63) is 29.0 Å². The second kappa shape index (κ2) is 3.05. The largest absolute Gasteiger partial charge is 0.364 e. The maximum absolute atomic E-state index is 11.1. The van der Waals surface area contributed by atoms with Crippen LogP contribution in [0.3, 0.4) is 0 Å². The Morgan fingerprint density at radius 1 is 1.40 bits per heavy atom. The Hall–Kier alpha value is -1.91. The molecule has 0 aliphatic rings. The maximum Gasteiger partial charge on any atom is 0.271 e. The lowest BCUT2D eigenvalue weighted by Gasteiger charge is -2.06. The number of fused-ring (bicyclic) bond motifs is 1. The Balaban J connectivity index is 2.89. The van der Waals surface area contributed by atoms with Gasteiger partial charge in [-0.05, 0) is 26.3 Å². The van der Waals surface area contributed by atoms with Gasteiger partial charge in [-0.15, -0.1) is 0 Å². The van der Waals surface area contributed by atoms with E-state index in [-0.39, 0.29) is 5.69 Å². The van der Waals surface area contributed by atoms with Crippen LogP contribution in [0, 0.1) is 20.8 Å². The van der Waals surface area contributed by atoms with Crippen LogP contribution >= 0.6 is 0 Å². The van der Waals surface area contributed by atoms with Gasteiger partial charge in [0.15, 0.2) is 11.3 Å². The zero-order valence-electron chi connectivity index (χ0n) is 8.90. The lowest BCUT2D eigenvalue weighted by atomic mass is 10.2. The summed E-state index contributed by atoms with van der Waals surface area (Å²) in [4.78, 5) is 19.4. The van der Waals surface area contributed by atoms with E-state index < -0.39 is 5.91 Å². The van der Waals surface area contributed by atoms with Crippen molar-refractivity contribution in [3.63, 3.8) is 0 Å². The first-order chi connectivity index (χ1) is 7.02. The molecule has 5 nitrogen and oxygen atoms in total. The molecular weight excluding hydrogens is 192 g/mol. The predicted molar refractivity (Wildman–Crippen MR) is 55.7 cm³/mol. The van der Waals surface area contributed by atoms with Crippen molar-refractivity contribution >= 4 is 11.6 Å². The van der Waals surface area contributed by atoms with Gasteiger partial charge >= 0.3 is 0 Å². The normalized spacial score (nSPS) is 10.9. The summed E-state index contributed by atoms with van der Waals surface area (Å²) in [5.74, 6) is -0.548. The number of nitrogens with zero attached hydrogens (tertiary/aromatic N) is 3. The van der Waals surface area contributed by atoms with Crippen LogP contribution in [0.5, 0.6) is 0 Å². The first-order valence-corrected chi connectivity index (χ1v) is 4.63. The third-order valence-corrected chi connectivity index (χ3v) is 2.70. The number of carbonyl (C=O) groups excluding carboxylic acids is 1. The van der Waals surface area contributed by atoms with Crippen LogP contribution in [0.25, 0.3) is 5.65 Å². The van der Waals surface area contributed by atoms with Crippen molar-refractivity contribution < 1.29 is 4.79 Å². The second-order valence-electron chi connectivity index (χ2n) is 3.56. The van der Waals surface area contributed by atoms with Crippen molar-refractivity contribution in [2.45, 2.75) is 20.8 Å². The molecule has 2 aromatic rings. The number of primary amides is 1. The first kappa shape index (κ1) is 9.64. The van der Waals surface area contributed by atoms with Crippen molar-refractivity contribution in [1.29, 1.82) is 0 Å². The highest BCUT2D eigenvalue weighted by Crippen LogP contribution is 2.15. The number of amides is 1. The van der Waals surface area contributed by atoms with Gasteiger partial charge in [-0.1, -0.05) is 0 Å². The zero-order valence-corrected chi connectivity index (χ0v) is 8.90. The molecule has 2 rings (SSSR count). The molecule has 0 saturated carbocycles. The van der Waals surface area contributed by atoms with E-state index in [9.17, 15) is 4.79 Å². The van der Waals surface area contributed by atoms with Crippen LogP contribution in [0.15, 0.2) is 6.33 Å². The minimum absolute atomic E-state index is 0.223. The minimum atomic E-state index is -0.548. The topological polar surface area (TPSA) is 73.3 Å². The molecule has 2 heterocycles. The van der Waals surface area contributed by atoms with Gasteiger partial charge in [-0.3, -0.25) is 9.20 Å². The number of rotatable bonds is 1. The van der Waals surface area contributed by atoms with Gasteiger partial charge in [-0.2, -0.15) is 0 Å². The van der Waals surface area contributed by atoms with Gasteiger partial charge in [0.25, 0.3) is 5.91 Å². The summed E-state index contributed by atoms with van der Waals surface area (Å²) < 4.78 is 1.78. The zero-order chi connectivity index (χ0) is 11.2. The van der Waals surface area contributed by atoms with Gasteiger partial charge in [0.2, 0.25) is 0 Å². The third kappa shape index (κ3) is 1.27. The Morgan fingerprint density at radius 3 is 2.67 bits per heavy atom. The van der Waals surface area contributed by atoms with Crippen LogP contribution in [-0.2, 0) is 0 Å². The molecule has 1 amide bonds. The van der Waals surface area contributed by atoms with Crippen LogP contribution in [0.2, 0.25) is 0 Å². The first-order valence-electron chi connectivity index (χ1n) is 4.63. The number of imidazole rings is 1. The summed E-state index contributed by atoms with van der Waals surface area (Å²) >= 11 is 0. The highest BCUT2D eigenvalue weighted by Gasteiger charge is 2.14. The number of aromatic nitrogens is 3. The number of hydrogen-bond acceptors (Lipinski definition) is 3. The van der Waals surface area contributed by atoms with E-state index in [1.54, 1.807) is 10.7 Å². The average molecular weight is 204 g/mol. The number of aryl methyl sites for hydroxylation is 2. The summed E-state index contributed by atoms with van der Waals surface area (Å²) in [6.07, 6.45) is 1.57. The van der Waals surface area contributed by atoms with Crippen LogP contribution in [0.1, 0.15) is 27.4 Å². The molecular formula is C10H12N4O. The molecule has 0 radical (unpaired) electrons. The molecule has 0 saturated heterocycles. The van der Waals surface area contributed by atoms with Crippen molar-refractivity contribution in [2.24, 2.45) is 5.73 Å². The fourth-order valence-corrected chi connectivity index (χ4v) is 1.55. The Kier molecular flexibility index (Phi) is 1.96. The molecule has 0 aliphatic carbocycles. The molecule has 0 aliphatic heterocycles. The van der Waals surface area contributed by atoms with Crippen LogP contribution < -0.4 is 5.73 Å². The van der Waals surface area contributed by atoms with Gasteiger partial charge in [0.1, 0.15) is 6.33 Å². The van der Waals surface area contributed by atoms with Crippen LogP contribution in [0.4, 0.5) is 0 Å². The highest BCUT2D eigenvalue weighted by atomic mass is 16.1. The fourth-order valence-electron chi connectivity index (χ4n) is 1.55. The van der Waals surface area contributed by atoms with E-state index in [4.69, 9.17) is 5.73 Å². The lowest BCUT2D eigenvalue weighted by molar-refractivity contribution is 0.0997. The predicted octanol–water partition coefficient (Wildman–Crippen LogP) is 0.753. The summed E-state index contributed by atoms with van der Waals surface area (Å²) in [5.41, 5.74) is 8.97. The Labute approximate surface area is 87.0 Å². The summed E-state index contributed by atoms with van der Waals surface area (Å²) in [6, 6.07) is 0. The average Bonchev–Trinajstić information content (AvgIpc) is 2.58. The maximum atomic E-state index is 11.1. The molecule has 78 valence electrons. The Bertz CT molecular complexity index is 556. The summed E-state index contributed by atoms with van der Waals surface area (Å²) in [7, 11) is 0. The van der Waals surface area contributed by atoms with Gasteiger partial charge in [-0.25, -0.2) is 9.97 Å². The number of nitrogens with two attached hydrogens (primary N) is 1. The van der Waals surface area contributed by atoms with Crippen molar-refractivity contribution in [3.8, 4) is 0 Å². The van der Waals surface area contributed by atoms with E-state index >= 15 is 0 Å². The van der Waals surface area contributed by atoms with E-state index in [1.165, 1.54) is 0 Å². The monoisotopic (exact) mass is 204 g/mol. The van der Waals surface area contributed by atoms with Crippen LogP contribution in [-0.4, -0.2) is 20.3 Å². The fraction of sp³-hybridized carbons (Fsp3) is 0.300. The van der Waals surface area contributed by atoms with E-state index in [0.717, 1.165) is 17.0 Å². The van der Waals surface area contributed by atoms with E-state index in [0.29, 0.717) is 5.65 Å². The molecule has 0 bridgehead atoms. The SMILES string of the molecule is Cc1nc2c(C(N)=O)ncn2c(C)c1C. The number of hydrogen-bond donors (Lipinski definition) is 1. The van der Waals surface area contributed by atoms with Gasteiger partial charge < -0.3 is 5.73 Å². The smallest absolute Gasteiger partial charge is 0.271 e. The van der Waals surface area contributed by atoms with E-state index in [1.807, 2.05) is 20.8 Å². The summed E-state index contributed by atoms with van der Waals surface area (Å²) in [5, 5.41) is 0. The van der Waals surface area contributed by atoms with E-state index in [2.05, 4.69) is 9.97 Å². The van der Waals surface area contributed by atoms with Crippen molar-refractivity contribution in [2.75, 3.05) is 0 Å². The molecule has 0 aromatic carbocycles. The third-order valence-electron chi connectivity index (χ3n) is 2.70. The Morgan fingerprint density at radius 2 is 2.07 bits per heavy atom. The quantitative estimate of drug-likeness (QED) is 0.745. The molecule has 15 heavy (non-hydrogen) atoms. The molecule has 0 unspecified atom stereocenters. The van der Waals surface area contributed by atoms with Gasteiger partial charge in [0, 0.05) is 11.4 Å². The van der Waals surface area contributed by atoms with Crippen molar-refractivity contribution in [1.82, 2.24) is 14.4 Å². The molecule has 5 heteroatoms. The molecule has 0 spiro atoms.